The molecule has 0 spiro atoms. The van der Waals surface area contributed by atoms with Gasteiger partial charge in [0.1, 0.15) is 12.4 Å². The van der Waals surface area contributed by atoms with E-state index in [4.69, 9.17) is 9.47 Å². The summed E-state index contributed by atoms with van der Waals surface area (Å²) in [5.41, 5.74) is 0. The Morgan fingerprint density at radius 1 is 1.30 bits per heavy atom. The third-order valence-electron chi connectivity index (χ3n) is 3.65. The van der Waals surface area contributed by atoms with Crippen LogP contribution in [0.15, 0.2) is 18.7 Å². The summed E-state index contributed by atoms with van der Waals surface area (Å²) < 4.78 is 14.1. The van der Waals surface area contributed by atoms with Crippen LogP contribution < -0.4 is 28.5 Å². The first kappa shape index (κ1) is 17.4. The van der Waals surface area contributed by atoms with E-state index in [1.54, 1.807) is 31.3 Å². The second-order valence-corrected chi connectivity index (χ2v) is 4.93. The summed E-state index contributed by atoms with van der Waals surface area (Å²) in [5.74, 6) is 0.361. The fourth-order valence-electron chi connectivity index (χ4n) is 2.57. The minimum Gasteiger partial charge on any atom is -1.00 e. The van der Waals surface area contributed by atoms with Crippen LogP contribution in [0.3, 0.4) is 0 Å². The molecule has 1 aliphatic rings. The van der Waals surface area contributed by atoms with E-state index in [-0.39, 0.29) is 36.3 Å². The van der Waals surface area contributed by atoms with Gasteiger partial charge in [-0.3, -0.25) is 0 Å². The largest absolute Gasteiger partial charge is 1.00 e. The van der Waals surface area contributed by atoms with E-state index in [2.05, 4.69) is 0 Å². The number of methoxy groups -OCH3 is 2. The van der Waals surface area contributed by atoms with E-state index in [0.717, 1.165) is 25.9 Å². The Labute approximate surface area is 136 Å². The molecule has 1 aliphatic heterocycles. The van der Waals surface area contributed by atoms with Crippen molar-refractivity contribution >= 4 is 6.03 Å². The number of carbonyl (C=O) groups is 1. The molecule has 6 nitrogen and oxygen atoms in total. The highest BCUT2D eigenvalue weighted by molar-refractivity contribution is 5.76. The molecule has 1 amide bonds. The zero-order valence-electron chi connectivity index (χ0n) is 12.2. The highest BCUT2D eigenvalue weighted by atomic mass is 127. The number of amides is 1. The van der Waals surface area contributed by atoms with E-state index in [1.807, 2.05) is 22.7 Å². The number of nitrogens with zero attached hydrogens (tertiary/aromatic N) is 3. The molecule has 0 radical (unpaired) electrons. The number of carbonyl (C=O) groups excluding carboxylic acids is 1. The summed E-state index contributed by atoms with van der Waals surface area (Å²) in [5, 5.41) is 0. The first-order valence-electron chi connectivity index (χ1n) is 6.53. The molecule has 0 unspecified atom stereocenters. The Hall–Kier alpha value is -0.670. The highest BCUT2D eigenvalue weighted by Gasteiger charge is 2.30. The maximum Gasteiger partial charge on any atom is 0.415 e. The Balaban J connectivity index is 0.00000200. The molecule has 1 aromatic rings. The summed E-state index contributed by atoms with van der Waals surface area (Å²) in [7, 11) is 5.22. The van der Waals surface area contributed by atoms with Crippen LogP contribution in [0.5, 0.6) is 0 Å². The van der Waals surface area contributed by atoms with Crippen molar-refractivity contribution < 1.29 is 42.8 Å². The second-order valence-electron chi connectivity index (χ2n) is 4.93. The number of aryl methyl sites for hydroxylation is 1. The quantitative estimate of drug-likeness (QED) is 0.326. The molecule has 1 saturated heterocycles. The Morgan fingerprint density at radius 3 is 2.35 bits per heavy atom. The van der Waals surface area contributed by atoms with Gasteiger partial charge in [-0.15, -0.1) is 0 Å². The molecule has 0 bridgehead atoms. The Morgan fingerprint density at radius 2 is 1.90 bits per heavy atom. The maximum absolute atomic E-state index is 12.2. The van der Waals surface area contributed by atoms with Crippen molar-refractivity contribution in [3.8, 4) is 0 Å². The number of imidazole rings is 1. The molecule has 2 heterocycles. The third-order valence-corrected chi connectivity index (χ3v) is 3.65. The van der Waals surface area contributed by atoms with Crippen LogP contribution in [0.25, 0.3) is 0 Å². The van der Waals surface area contributed by atoms with Gasteiger partial charge in [-0.25, -0.2) is 9.36 Å². The molecular weight excluding hydrogens is 373 g/mol. The van der Waals surface area contributed by atoms with Gasteiger partial charge in [-0.1, -0.05) is 0 Å². The summed E-state index contributed by atoms with van der Waals surface area (Å²) in [6, 6.07) is 0.0328. The van der Waals surface area contributed by atoms with Crippen LogP contribution in [0.1, 0.15) is 12.8 Å². The van der Waals surface area contributed by atoms with Crippen LogP contribution in [0.2, 0.25) is 0 Å². The number of rotatable bonds is 3. The molecular formula is C13H22IN3O3. The molecule has 0 aliphatic carbocycles. The topological polar surface area (TPSA) is 47.6 Å². The fourth-order valence-corrected chi connectivity index (χ4v) is 2.57. The second kappa shape index (κ2) is 7.94. The zero-order valence-corrected chi connectivity index (χ0v) is 14.3. The summed E-state index contributed by atoms with van der Waals surface area (Å²) in [6.07, 6.45) is 7.07. The lowest BCUT2D eigenvalue weighted by molar-refractivity contribution is -0.670. The average Bonchev–Trinajstić information content (AvgIpc) is 2.87. The number of aromatic nitrogens is 2. The summed E-state index contributed by atoms with van der Waals surface area (Å²) in [6.45, 7) is 1.49. The third kappa shape index (κ3) is 3.92. The smallest absolute Gasteiger partial charge is 0.415 e. The highest BCUT2D eigenvalue weighted by Crippen LogP contribution is 2.23. The molecule has 20 heavy (non-hydrogen) atoms. The van der Waals surface area contributed by atoms with Gasteiger partial charge in [-0.2, -0.15) is 4.57 Å². The maximum atomic E-state index is 12.2. The van der Waals surface area contributed by atoms with Gasteiger partial charge in [-0.05, 0) is 12.8 Å². The van der Waals surface area contributed by atoms with E-state index in [1.165, 1.54) is 0 Å². The predicted molar refractivity (Wildman–Crippen MR) is 68.5 cm³/mol. The predicted octanol–water partition coefficient (Wildman–Crippen LogP) is -2.38. The van der Waals surface area contributed by atoms with Crippen molar-refractivity contribution in [3.63, 3.8) is 0 Å². The van der Waals surface area contributed by atoms with Gasteiger partial charge in [0, 0.05) is 33.2 Å². The molecule has 114 valence electrons. The molecule has 0 N–H and O–H groups in total. The monoisotopic (exact) mass is 395 g/mol. The van der Waals surface area contributed by atoms with Crippen molar-refractivity contribution in [1.29, 1.82) is 0 Å². The average molecular weight is 395 g/mol. The van der Waals surface area contributed by atoms with Crippen LogP contribution >= 0.6 is 0 Å². The fraction of sp³-hybridized carbons (Fsp3) is 0.692. The van der Waals surface area contributed by atoms with Crippen molar-refractivity contribution in [2.75, 3.05) is 27.3 Å². The van der Waals surface area contributed by atoms with Crippen molar-refractivity contribution in [2.45, 2.75) is 19.1 Å². The van der Waals surface area contributed by atoms with E-state index >= 15 is 0 Å². The lowest BCUT2D eigenvalue weighted by Gasteiger charge is -2.33. The van der Waals surface area contributed by atoms with Gasteiger partial charge in [0.05, 0.1) is 7.05 Å². The number of hydrogen-bond acceptors (Lipinski definition) is 3. The first-order valence-corrected chi connectivity index (χ1v) is 6.53. The number of halogens is 1. The van der Waals surface area contributed by atoms with Crippen molar-refractivity contribution in [1.82, 2.24) is 9.47 Å². The van der Waals surface area contributed by atoms with Crippen LogP contribution in [-0.2, 0) is 16.5 Å². The van der Waals surface area contributed by atoms with E-state index in [0.29, 0.717) is 5.92 Å². The molecule has 2 rings (SSSR count). The molecule has 1 aromatic heterocycles. The first-order chi connectivity index (χ1) is 9.15. The van der Waals surface area contributed by atoms with Gasteiger partial charge in [0.2, 0.25) is 0 Å². The van der Waals surface area contributed by atoms with Crippen molar-refractivity contribution in [2.24, 2.45) is 13.0 Å². The van der Waals surface area contributed by atoms with Gasteiger partial charge < -0.3 is 38.4 Å². The van der Waals surface area contributed by atoms with Crippen LogP contribution in [-0.4, -0.2) is 49.1 Å². The normalized spacial score (nSPS) is 16.3. The van der Waals surface area contributed by atoms with E-state index in [9.17, 15) is 4.79 Å². The Kier molecular flexibility index (Phi) is 6.90. The summed E-state index contributed by atoms with van der Waals surface area (Å²) >= 11 is 0. The number of piperidine rings is 1. The SMILES string of the molecule is COC(OC)C1CCN(C(=O)n2cc[n+](C)c2)CC1.[I-]. The minimum absolute atomic E-state index is 0. The minimum atomic E-state index is -0.165. The zero-order chi connectivity index (χ0) is 13.8. The number of likely N-dealkylation sites (tertiary alicyclic amines) is 1. The van der Waals surface area contributed by atoms with Crippen LogP contribution in [0, 0.1) is 5.92 Å². The molecule has 0 aromatic carbocycles. The van der Waals surface area contributed by atoms with Crippen LogP contribution in [0.4, 0.5) is 4.79 Å². The van der Waals surface area contributed by atoms with Gasteiger partial charge >= 0.3 is 6.03 Å². The van der Waals surface area contributed by atoms with Gasteiger partial charge in [0.25, 0.3) is 6.33 Å². The van der Waals surface area contributed by atoms with Crippen molar-refractivity contribution in [3.05, 3.63) is 18.7 Å². The molecule has 1 fully saturated rings. The summed E-state index contributed by atoms with van der Waals surface area (Å²) in [4.78, 5) is 14.1. The molecule has 0 saturated carbocycles. The Bertz CT molecular complexity index is 426. The molecule has 7 heteroatoms. The van der Waals surface area contributed by atoms with E-state index < -0.39 is 0 Å². The molecule has 0 atom stereocenters. The standard InChI is InChI=1S/C13H22N3O3.HI/c1-14-8-9-16(10-14)13(17)15-6-4-11(5-7-15)12(18-2)19-3;/h8-12H,4-7H2,1-3H3;1H/q+1;/p-1. The lowest BCUT2D eigenvalue weighted by Crippen LogP contribution is -3.00. The van der Waals surface area contributed by atoms with Gasteiger partial charge in [0.15, 0.2) is 6.29 Å². The lowest BCUT2D eigenvalue weighted by atomic mass is 9.96. The number of hydrogen-bond donors (Lipinski definition) is 0. The number of ether oxygens (including phenoxy) is 2.